The number of aromatic nitrogens is 2. The SMILES string of the molecule is C=C(NC(=O)C(=C)N1Cc2c(cccc2-c2ccc3nn(C)cc3c2)C1=O)C(=O)N(C)C(C)C. The van der Waals surface area contributed by atoms with Crippen LogP contribution in [0.5, 0.6) is 0 Å². The average Bonchev–Trinajstić information content (AvgIpc) is 3.35. The fourth-order valence-electron chi connectivity index (χ4n) is 3.97. The summed E-state index contributed by atoms with van der Waals surface area (Å²) in [6.07, 6.45) is 1.94. The van der Waals surface area contributed by atoms with Crippen molar-refractivity contribution in [3.05, 3.63) is 78.3 Å². The van der Waals surface area contributed by atoms with Crippen LogP contribution in [0, 0.1) is 0 Å². The fraction of sp³-hybridized carbons (Fsp3) is 0.231. The van der Waals surface area contributed by atoms with Gasteiger partial charge in [0.1, 0.15) is 5.70 Å². The summed E-state index contributed by atoms with van der Waals surface area (Å²) in [7, 11) is 3.50. The summed E-state index contributed by atoms with van der Waals surface area (Å²) in [4.78, 5) is 41.1. The fourth-order valence-corrected chi connectivity index (χ4v) is 3.97. The van der Waals surface area contributed by atoms with Gasteiger partial charge in [0.15, 0.2) is 0 Å². The Morgan fingerprint density at radius 3 is 2.56 bits per heavy atom. The minimum atomic E-state index is -0.644. The van der Waals surface area contributed by atoms with Gasteiger partial charge in [0.05, 0.1) is 17.8 Å². The molecule has 34 heavy (non-hydrogen) atoms. The van der Waals surface area contributed by atoms with Gasteiger partial charge >= 0.3 is 0 Å². The van der Waals surface area contributed by atoms with E-state index in [1.54, 1.807) is 17.8 Å². The van der Waals surface area contributed by atoms with Gasteiger partial charge in [-0.25, -0.2) is 0 Å². The maximum Gasteiger partial charge on any atom is 0.271 e. The Hall–Kier alpha value is -4.20. The highest BCUT2D eigenvalue weighted by Gasteiger charge is 2.34. The zero-order chi connectivity index (χ0) is 24.7. The van der Waals surface area contributed by atoms with Gasteiger partial charge in [-0.15, -0.1) is 0 Å². The van der Waals surface area contributed by atoms with Gasteiger partial charge < -0.3 is 10.2 Å². The molecule has 3 amide bonds. The molecule has 2 heterocycles. The average molecular weight is 458 g/mol. The van der Waals surface area contributed by atoms with Crippen molar-refractivity contribution in [2.24, 2.45) is 7.05 Å². The van der Waals surface area contributed by atoms with Crippen molar-refractivity contribution in [2.75, 3.05) is 7.05 Å². The molecule has 8 heteroatoms. The number of carbonyl (C=O) groups is 3. The van der Waals surface area contributed by atoms with Crippen LogP contribution in [0.1, 0.15) is 29.8 Å². The van der Waals surface area contributed by atoms with Crippen molar-refractivity contribution in [1.82, 2.24) is 24.9 Å². The number of likely N-dealkylation sites (N-methyl/N-ethyl adjacent to an activating group) is 1. The van der Waals surface area contributed by atoms with Crippen LogP contribution >= 0.6 is 0 Å². The number of aryl methyl sites for hydroxylation is 1. The summed E-state index contributed by atoms with van der Waals surface area (Å²) in [5.74, 6) is -1.36. The van der Waals surface area contributed by atoms with Crippen molar-refractivity contribution < 1.29 is 14.4 Å². The van der Waals surface area contributed by atoms with Gasteiger partial charge in [0.2, 0.25) is 0 Å². The lowest BCUT2D eigenvalue weighted by Crippen LogP contribution is -2.41. The molecular weight excluding hydrogens is 430 g/mol. The number of nitrogens with zero attached hydrogens (tertiary/aromatic N) is 4. The zero-order valence-corrected chi connectivity index (χ0v) is 19.8. The first kappa shape index (κ1) is 23.0. The summed E-state index contributed by atoms with van der Waals surface area (Å²) >= 11 is 0. The summed E-state index contributed by atoms with van der Waals surface area (Å²) < 4.78 is 1.76. The molecule has 0 unspecified atom stereocenters. The van der Waals surface area contributed by atoms with E-state index in [2.05, 4.69) is 23.6 Å². The van der Waals surface area contributed by atoms with E-state index in [4.69, 9.17) is 0 Å². The minimum absolute atomic E-state index is 0.0454. The predicted molar refractivity (Wildman–Crippen MR) is 130 cm³/mol. The summed E-state index contributed by atoms with van der Waals surface area (Å²) in [6.45, 7) is 11.4. The zero-order valence-electron chi connectivity index (χ0n) is 19.8. The highest BCUT2D eigenvalue weighted by atomic mass is 16.2. The van der Waals surface area contributed by atoms with E-state index in [-0.39, 0.29) is 29.9 Å². The summed E-state index contributed by atoms with van der Waals surface area (Å²) in [5.41, 5.74) is 3.97. The second-order valence-corrected chi connectivity index (χ2v) is 8.69. The number of benzene rings is 2. The number of hydrogen-bond donors (Lipinski definition) is 1. The Morgan fingerprint density at radius 1 is 1.15 bits per heavy atom. The van der Waals surface area contributed by atoms with Crippen LogP contribution in [-0.2, 0) is 23.2 Å². The Morgan fingerprint density at radius 2 is 1.85 bits per heavy atom. The molecule has 8 nitrogen and oxygen atoms in total. The van der Waals surface area contributed by atoms with E-state index in [9.17, 15) is 14.4 Å². The molecule has 1 N–H and O–H groups in total. The van der Waals surface area contributed by atoms with Crippen LogP contribution in [0.4, 0.5) is 0 Å². The van der Waals surface area contributed by atoms with E-state index in [1.807, 2.05) is 57.4 Å². The molecule has 2 aromatic carbocycles. The molecule has 4 rings (SSSR count). The van der Waals surface area contributed by atoms with Crippen LogP contribution in [0.15, 0.2) is 67.1 Å². The quantitative estimate of drug-likeness (QED) is 0.576. The molecule has 0 saturated heterocycles. The number of amides is 3. The number of fused-ring (bicyclic) bond motifs is 2. The number of nitrogens with one attached hydrogen (secondary N) is 1. The summed E-state index contributed by atoms with van der Waals surface area (Å²) in [5, 5.41) is 7.89. The van der Waals surface area contributed by atoms with Crippen molar-refractivity contribution in [1.29, 1.82) is 0 Å². The van der Waals surface area contributed by atoms with Crippen LogP contribution in [0.25, 0.3) is 22.0 Å². The third-order valence-electron chi connectivity index (χ3n) is 6.10. The highest BCUT2D eigenvalue weighted by molar-refractivity contribution is 6.08. The lowest BCUT2D eigenvalue weighted by Gasteiger charge is -2.23. The van der Waals surface area contributed by atoms with Crippen molar-refractivity contribution in [3.63, 3.8) is 0 Å². The molecule has 1 aliphatic heterocycles. The molecule has 174 valence electrons. The second-order valence-electron chi connectivity index (χ2n) is 8.69. The summed E-state index contributed by atoms with van der Waals surface area (Å²) in [6, 6.07) is 11.4. The Bertz CT molecular complexity index is 1370. The molecule has 0 spiro atoms. The molecular formula is C26H27N5O3. The van der Waals surface area contributed by atoms with Gasteiger partial charge in [-0.2, -0.15) is 5.10 Å². The molecule has 0 fully saturated rings. The maximum absolute atomic E-state index is 13.1. The van der Waals surface area contributed by atoms with Gasteiger partial charge in [0.25, 0.3) is 17.7 Å². The van der Waals surface area contributed by atoms with E-state index in [0.29, 0.717) is 5.56 Å². The maximum atomic E-state index is 13.1. The third kappa shape index (κ3) is 3.98. The first-order chi connectivity index (χ1) is 16.1. The van der Waals surface area contributed by atoms with Crippen molar-refractivity contribution >= 4 is 28.6 Å². The highest BCUT2D eigenvalue weighted by Crippen LogP contribution is 2.35. The first-order valence-electron chi connectivity index (χ1n) is 10.9. The van der Waals surface area contributed by atoms with Crippen molar-refractivity contribution in [3.8, 4) is 11.1 Å². The number of rotatable bonds is 6. The lowest BCUT2D eigenvalue weighted by atomic mass is 9.96. The first-order valence-corrected chi connectivity index (χ1v) is 10.9. The Balaban J connectivity index is 1.56. The van der Waals surface area contributed by atoms with Crippen LogP contribution in [-0.4, -0.2) is 50.4 Å². The topological polar surface area (TPSA) is 87.5 Å². The monoisotopic (exact) mass is 457 g/mol. The van der Waals surface area contributed by atoms with E-state index >= 15 is 0 Å². The molecule has 0 bridgehead atoms. The Labute approximate surface area is 198 Å². The van der Waals surface area contributed by atoms with Crippen molar-refractivity contribution in [2.45, 2.75) is 26.4 Å². The largest absolute Gasteiger partial charge is 0.338 e. The molecule has 1 aliphatic rings. The lowest BCUT2D eigenvalue weighted by molar-refractivity contribution is -0.129. The Kier molecular flexibility index (Phi) is 5.83. The predicted octanol–water partition coefficient (Wildman–Crippen LogP) is 3.21. The number of hydrogen-bond acceptors (Lipinski definition) is 4. The van der Waals surface area contributed by atoms with E-state index in [0.717, 1.165) is 27.6 Å². The molecule has 0 saturated carbocycles. The van der Waals surface area contributed by atoms with E-state index < -0.39 is 11.8 Å². The second kappa shape index (κ2) is 8.62. The molecule has 0 atom stereocenters. The van der Waals surface area contributed by atoms with Gasteiger partial charge in [-0.3, -0.25) is 24.0 Å². The normalized spacial score (nSPS) is 12.7. The number of carbonyl (C=O) groups excluding carboxylic acids is 3. The van der Waals surface area contributed by atoms with Crippen LogP contribution in [0.2, 0.25) is 0 Å². The van der Waals surface area contributed by atoms with Gasteiger partial charge in [-0.05, 0) is 48.7 Å². The van der Waals surface area contributed by atoms with Crippen LogP contribution < -0.4 is 5.32 Å². The molecule has 3 aromatic rings. The smallest absolute Gasteiger partial charge is 0.271 e. The molecule has 0 radical (unpaired) electrons. The van der Waals surface area contributed by atoms with Gasteiger partial charge in [0, 0.05) is 37.3 Å². The third-order valence-corrected chi connectivity index (χ3v) is 6.10. The standard InChI is InChI=1S/C26H27N5O3/c1-15(2)30(6)25(33)16(3)27-24(32)17(4)31-14-22-20(8-7-9-21(22)26(31)34)18-10-11-23-19(12-18)13-29(5)28-23/h7-13,15H,3-4,14H2,1-2,5-6H3,(H,27,32). The minimum Gasteiger partial charge on any atom is -0.338 e. The van der Waals surface area contributed by atoms with Crippen LogP contribution in [0.3, 0.4) is 0 Å². The molecule has 1 aromatic heterocycles. The van der Waals surface area contributed by atoms with Gasteiger partial charge in [-0.1, -0.05) is 31.4 Å². The molecule has 0 aliphatic carbocycles. The van der Waals surface area contributed by atoms with E-state index in [1.165, 1.54) is 9.80 Å².